The van der Waals surface area contributed by atoms with Crippen molar-refractivity contribution in [3.05, 3.63) is 85.1 Å². The predicted octanol–water partition coefficient (Wildman–Crippen LogP) is 19.0. The lowest BCUT2D eigenvalue weighted by Crippen LogP contribution is -2.30. The zero-order valence-corrected chi connectivity index (χ0v) is 50.8. The molecule has 0 radical (unpaired) electrons. The number of ether oxygens (including phenoxy) is 3. The van der Waals surface area contributed by atoms with Crippen molar-refractivity contribution in [2.24, 2.45) is 0 Å². The molecule has 0 aliphatic carbocycles. The Bertz CT molecular complexity index is 1630. The van der Waals surface area contributed by atoms with E-state index >= 15 is 0 Å². The number of aliphatic hydroxyl groups is 1. The van der Waals surface area contributed by atoms with Crippen LogP contribution in [0.4, 0.5) is 0 Å². The molecule has 78 heavy (non-hydrogen) atoms. The normalized spacial score (nSPS) is 13.9. The fourth-order valence-corrected chi connectivity index (χ4v) is 9.28. The highest BCUT2D eigenvalue weighted by molar-refractivity contribution is 7.47. The van der Waals surface area contributed by atoms with Gasteiger partial charge in [-0.1, -0.05) is 234 Å². The van der Waals surface area contributed by atoms with Gasteiger partial charge in [0.15, 0.2) is 6.10 Å². The lowest BCUT2D eigenvalue weighted by molar-refractivity contribution is -0.161. The van der Waals surface area contributed by atoms with Gasteiger partial charge in [0.2, 0.25) is 0 Å². The van der Waals surface area contributed by atoms with E-state index in [1.807, 2.05) is 0 Å². The van der Waals surface area contributed by atoms with Gasteiger partial charge in [0.05, 0.1) is 19.8 Å². The van der Waals surface area contributed by atoms with Crippen molar-refractivity contribution in [3.63, 3.8) is 0 Å². The summed E-state index contributed by atoms with van der Waals surface area (Å²) in [6, 6.07) is 0. The Kier molecular flexibility index (Phi) is 57.2. The third kappa shape index (κ3) is 57.3. The molecule has 3 unspecified atom stereocenters. The first-order valence-electron chi connectivity index (χ1n) is 31.5. The largest absolute Gasteiger partial charge is 0.472 e. The van der Waals surface area contributed by atoms with Crippen LogP contribution in [-0.4, -0.2) is 66.5 Å². The summed E-state index contributed by atoms with van der Waals surface area (Å²) in [5.41, 5.74) is 0. The highest BCUT2D eigenvalue weighted by atomic mass is 31.2. The molecule has 0 spiro atoms. The fourth-order valence-electron chi connectivity index (χ4n) is 8.50. The molecule has 11 nitrogen and oxygen atoms in total. The van der Waals surface area contributed by atoms with Gasteiger partial charge in [-0.25, -0.2) is 4.57 Å². The number of rotatable bonds is 58. The summed E-state index contributed by atoms with van der Waals surface area (Å²) in [5.74, 6) is -1.49. The average molecular weight is 1120 g/mol. The molecule has 0 aromatic heterocycles. The maximum atomic E-state index is 13.0. The van der Waals surface area contributed by atoms with E-state index in [1.54, 1.807) is 0 Å². The predicted molar refractivity (Wildman–Crippen MR) is 325 cm³/mol. The molecular formula is C66H115O11P. The van der Waals surface area contributed by atoms with E-state index in [9.17, 15) is 28.9 Å². The van der Waals surface area contributed by atoms with Gasteiger partial charge in [-0.3, -0.25) is 23.4 Å². The average Bonchev–Trinajstić information content (AvgIpc) is 3.43. The van der Waals surface area contributed by atoms with Crippen LogP contribution in [-0.2, 0) is 42.2 Å². The molecule has 0 aliphatic heterocycles. The number of carbonyl (C=O) groups is 3. The highest BCUT2D eigenvalue weighted by Gasteiger charge is 2.28. The molecule has 0 rings (SSSR count). The molecule has 12 heteroatoms. The molecule has 0 aromatic carbocycles. The van der Waals surface area contributed by atoms with Crippen LogP contribution in [0.5, 0.6) is 0 Å². The minimum absolute atomic E-state index is 0.158. The zero-order chi connectivity index (χ0) is 56.9. The number of phosphoric ester groups is 1. The van der Waals surface area contributed by atoms with Crippen LogP contribution in [0.25, 0.3) is 0 Å². The molecule has 0 saturated carbocycles. The quantitative estimate of drug-likeness (QED) is 0.0197. The number of esters is 3. The number of carbonyl (C=O) groups excluding carboxylic acids is 3. The minimum Gasteiger partial charge on any atom is -0.462 e. The summed E-state index contributed by atoms with van der Waals surface area (Å²) in [4.78, 5) is 48.7. The molecule has 450 valence electrons. The van der Waals surface area contributed by atoms with E-state index in [4.69, 9.17) is 23.3 Å². The number of hydrogen-bond acceptors (Lipinski definition) is 10. The Labute approximate surface area is 477 Å². The lowest BCUT2D eigenvalue weighted by atomic mass is 10.1. The Morgan fingerprint density at radius 2 is 0.692 bits per heavy atom. The summed E-state index contributed by atoms with van der Waals surface area (Å²) in [7, 11) is -4.76. The van der Waals surface area contributed by atoms with Crippen LogP contribution >= 0.6 is 7.82 Å². The van der Waals surface area contributed by atoms with Crippen LogP contribution in [0.1, 0.15) is 278 Å². The first-order chi connectivity index (χ1) is 38.2. The van der Waals surface area contributed by atoms with Gasteiger partial charge in [0.1, 0.15) is 12.7 Å². The Balaban J connectivity index is 4.74. The van der Waals surface area contributed by atoms with Gasteiger partial charge in [-0.15, -0.1) is 0 Å². The Hall–Kier alpha value is -3.34. The molecule has 0 saturated heterocycles. The van der Waals surface area contributed by atoms with Crippen LogP contribution in [0.3, 0.4) is 0 Å². The van der Waals surface area contributed by atoms with Crippen molar-refractivity contribution in [1.82, 2.24) is 0 Å². The molecule has 0 aliphatic rings. The third-order valence-electron chi connectivity index (χ3n) is 13.3. The van der Waals surface area contributed by atoms with Crippen LogP contribution in [0.15, 0.2) is 85.1 Å². The first kappa shape index (κ1) is 74.7. The van der Waals surface area contributed by atoms with E-state index in [0.29, 0.717) is 19.3 Å². The highest BCUT2D eigenvalue weighted by Crippen LogP contribution is 2.43. The summed E-state index contributed by atoms with van der Waals surface area (Å²) in [5, 5.41) is 9.83. The van der Waals surface area contributed by atoms with Crippen molar-refractivity contribution < 1.29 is 52.2 Å². The zero-order valence-electron chi connectivity index (χ0n) is 49.9. The molecule has 0 heterocycles. The number of unbranched alkanes of at least 4 members (excludes halogenated alkanes) is 27. The molecule has 3 atom stereocenters. The smallest absolute Gasteiger partial charge is 0.462 e. The van der Waals surface area contributed by atoms with E-state index in [-0.39, 0.29) is 25.9 Å². The maximum absolute atomic E-state index is 13.0. The van der Waals surface area contributed by atoms with Crippen LogP contribution in [0.2, 0.25) is 0 Å². The van der Waals surface area contributed by atoms with Gasteiger partial charge >= 0.3 is 25.7 Å². The second kappa shape index (κ2) is 59.8. The van der Waals surface area contributed by atoms with Gasteiger partial charge in [-0.2, -0.15) is 0 Å². The van der Waals surface area contributed by atoms with Crippen molar-refractivity contribution in [3.8, 4) is 0 Å². The van der Waals surface area contributed by atoms with Crippen molar-refractivity contribution >= 4 is 25.7 Å². The third-order valence-corrected chi connectivity index (χ3v) is 14.2. The van der Waals surface area contributed by atoms with E-state index in [2.05, 4.69) is 106 Å². The van der Waals surface area contributed by atoms with E-state index in [1.165, 1.54) is 83.5 Å². The molecular weight excluding hydrogens is 1000 g/mol. The summed E-state index contributed by atoms with van der Waals surface area (Å²) in [6.07, 6.45) is 69.6. The minimum atomic E-state index is -4.76. The monoisotopic (exact) mass is 1110 g/mol. The Morgan fingerprint density at radius 1 is 0.372 bits per heavy atom. The van der Waals surface area contributed by atoms with Crippen molar-refractivity contribution in [2.75, 3.05) is 26.4 Å². The summed E-state index contributed by atoms with van der Waals surface area (Å²) >= 11 is 0. The van der Waals surface area contributed by atoms with Crippen LogP contribution in [0, 0.1) is 0 Å². The number of aliphatic hydroxyl groups excluding tert-OH is 1. The summed E-state index contributed by atoms with van der Waals surface area (Å²) < 4.78 is 39.6. The van der Waals surface area contributed by atoms with Crippen molar-refractivity contribution in [2.45, 2.75) is 290 Å². The second-order valence-corrected chi connectivity index (χ2v) is 22.3. The van der Waals surface area contributed by atoms with Gasteiger partial charge < -0.3 is 24.2 Å². The SMILES string of the molecule is CC/C=C\C/C=C\C/C=C\C/C=C\CCCCCCCCC(=O)OCC(COP(=O)(O)OCC(CO)OC(=O)CCCCCCC/C=C\C/C=C\CCC)OC(=O)CCCCCCCCCCC/C=C\CCCCCCCC. The first-order valence-corrected chi connectivity index (χ1v) is 33.0. The fraction of sp³-hybridized carbons (Fsp3) is 0.742. The molecule has 0 aromatic rings. The van der Waals surface area contributed by atoms with Crippen LogP contribution < -0.4 is 0 Å². The second-order valence-electron chi connectivity index (χ2n) is 20.8. The van der Waals surface area contributed by atoms with Gasteiger partial charge in [0, 0.05) is 19.3 Å². The Morgan fingerprint density at radius 3 is 1.09 bits per heavy atom. The molecule has 0 fully saturated rings. The van der Waals surface area contributed by atoms with E-state index in [0.717, 1.165) is 135 Å². The number of allylic oxidation sites excluding steroid dienone is 14. The molecule has 0 bridgehead atoms. The number of phosphoric acid groups is 1. The van der Waals surface area contributed by atoms with E-state index < -0.39 is 57.8 Å². The standard InChI is InChI=1S/C66H115O11P/c1-4-7-10-13-16-19-22-25-27-29-31-33-35-38-40-43-46-49-52-55-64(68)73-59-63(77-66(70)57-54-51-48-45-42-39-36-34-32-30-28-26-23-20-17-14-11-8-5-2)61-75-78(71,72)74-60-62(58-67)76-65(69)56-53-50-47-44-41-37-24-21-18-15-12-9-6-3/h7,10,12,15-16,19,21,24-28,31,33,62-63,67H,4-6,8-9,11,13-14,17-18,20,22-23,29-30,32,34-61H2,1-3H3,(H,71,72)/b10-7-,15-12-,19-16-,24-21-,27-25-,28-26-,33-31-. The van der Waals surface area contributed by atoms with Gasteiger partial charge in [0.25, 0.3) is 0 Å². The maximum Gasteiger partial charge on any atom is 0.472 e. The topological polar surface area (TPSA) is 155 Å². The summed E-state index contributed by atoms with van der Waals surface area (Å²) in [6.45, 7) is 4.46. The van der Waals surface area contributed by atoms with Gasteiger partial charge in [-0.05, 0) is 109 Å². The van der Waals surface area contributed by atoms with Crippen molar-refractivity contribution in [1.29, 1.82) is 0 Å². The molecule has 0 amide bonds. The number of hydrogen-bond donors (Lipinski definition) is 2. The molecule has 2 N–H and O–H groups in total. The lowest BCUT2D eigenvalue weighted by Gasteiger charge is -2.21.